The van der Waals surface area contributed by atoms with Gasteiger partial charge in [0.2, 0.25) is 4.96 Å². The minimum atomic E-state index is -0.0231. The van der Waals surface area contributed by atoms with Gasteiger partial charge in [-0.3, -0.25) is 0 Å². The minimum absolute atomic E-state index is 0. The van der Waals surface area contributed by atoms with Crippen molar-refractivity contribution in [2.24, 2.45) is 30.9 Å². The molecule has 0 aromatic carbocycles. The molecule has 0 unspecified atom stereocenters. The van der Waals surface area contributed by atoms with Crippen LogP contribution in [0, 0.1) is 24.7 Å². The van der Waals surface area contributed by atoms with Crippen LogP contribution in [0.2, 0.25) is 0 Å². The Balaban J connectivity index is -0.0000000361. The molecule has 0 N–H and O–H groups in total. The van der Waals surface area contributed by atoms with Crippen molar-refractivity contribution in [2.75, 3.05) is 42.3 Å². The van der Waals surface area contributed by atoms with Gasteiger partial charge in [0, 0.05) is 143 Å². The van der Waals surface area contributed by atoms with Crippen LogP contribution in [-0.2, 0) is 105 Å². The predicted molar refractivity (Wildman–Crippen MR) is 172 cm³/mol. The minimum Gasteiger partial charge on any atom is -0.775 e. The van der Waals surface area contributed by atoms with E-state index in [0.717, 1.165) is 0 Å². The topological polar surface area (TPSA) is 225 Å². The van der Waals surface area contributed by atoms with Crippen LogP contribution in [0.15, 0.2) is 30.9 Å². The third-order valence-electron chi connectivity index (χ3n) is 3.07. The molecule has 0 fully saturated rings. The van der Waals surface area contributed by atoms with E-state index in [1.807, 2.05) is 48.6 Å². The van der Waals surface area contributed by atoms with Crippen molar-refractivity contribution in [3.05, 3.63) is 46.5 Å². The van der Waals surface area contributed by atoms with Crippen LogP contribution in [0.25, 0.3) is 21.8 Å². The van der Waals surface area contributed by atoms with Gasteiger partial charge in [-0.15, -0.1) is 4.64 Å². The third kappa shape index (κ3) is 98.9. The SMILES string of the molecule is CC(C)N=N[O-].CC(C)[N-][O+]=O.CN=[N+]([N-]C)C(C)C.CN=[N+]([O-])C(C)C.C[N-][N+](C)=NC(C)C.C[N-][O+]=NC(C)C.[W].[W].[W].[W].[W]. The number of hydrogen-bond donors (Lipinski definition) is 0. The maximum absolute atomic E-state index is 10.3. The monoisotopic (exact) mass is 1530 g/mol. The molecule has 0 spiro atoms. The number of azo groups is 3. The zero-order valence-electron chi connectivity index (χ0n) is 31.4. The van der Waals surface area contributed by atoms with E-state index >= 15 is 0 Å². The van der Waals surface area contributed by atoms with Crippen LogP contribution in [-0.4, -0.2) is 93.0 Å². The van der Waals surface area contributed by atoms with E-state index in [4.69, 9.17) is 4.96 Å². The van der Waals surface area contributed by atoms with Gasteiger partial charge in [-0.1, -0.05) is 51.9 Å². The van der Waals surface area contributed by atoms with Crippen LogP contribution < -0.4 is 0 Å². The number of rotatable bonds is 10. The maximum Gasteiger partial charge on any atom is 0.208 e. The summed E-state index contributed by atoms with van der Waals surface area (Å²) in [5, 5.41) is 39.8. The number of hydrogen-bond acceptors (Lipinski definition) is 9. The van der Waals surface area contributed by atoms with E-state index in [9.17, 15) is 10.4 Å². The number of nitrogens with zero attached hydrogens (tertiary/aromatic N) is 13. The fourth-order valence-electron chi connectivity index (χ4n) is 1.49. The van der Waals surface area contributed by atoms with Gasteiger partial charge in [-0.25, -0.2) is 31.8 Å². The zero-order valence-corrected chi connectivity index (χ0v) is 46.0. The van der Waals surface area contributed by atoms with Gasteiger partial charge in [0.15, 0.2) is 19.1 Å². The Labute approximate surface area is 355 Å². The Kier molecular flexibility index (Phi) is 99.6. The molecule has 23 heteroatoms. The average molecular weight is 1530 g/mol. The van der Waals surface area contributed by atoms with Crippen molar-refractivity contribution < 1.29 is 120 Å². The summed E-state index contributed by atoms with van der Waals surface area (Å²) in [4.78, 5) is 13.0. The molecule has 282 valence electrons. The second-order valence-electron chi connectivity index (χ2n) is 9.34. The van der Waals surface area contributed by atoms with Crippen LogP contribution in [0.3, 0.4) is 0 Å². The van der Waals surface area contributed by atoms with Gasteiger partial charge in [0.25, 0.3) is 0 Å². The second-order valence-corrected chi connectivity index (χ2v) is 9.34. The maximum atomic E-state index is 10.3. The molecule has 0 aromatic rings. The van der Waals surface area contributed by atoms with Crippen molar-refractivity contribution in [2.45, 2.75) is 119 Å². The van der Waals surface area contributed by atoms with Crippen molar-refractivity contribution >= 4 is 0 Å². The molecule has 0 aliphatic carbocycles. The van der Waals surface area contributed by atoms with Gasteiger partial charge >= 0.3 is 0 Å². The van der Waals surface area contributed by atoms with Crippen molar-refractivity contribution in [1.29, 1.82) is 0 Å². The molecular formula is C24H60N13O5W5-. The summed E-state index contributed by atoms with van der Waals surface area (Å²) in [5.74, 6) is 0. The van der Waals surface area contributed by atoms with Gasteiger partial charge < -0.3 is 10.4 Å². The summed E-state index contributed by atoms with van der Waals surface area (Å²) in [6.07, 6.45) is 0. The zero-order chi connectivity index (χ0) is 34.7. The summed E-state index contributed by atoms with van der Waals surface area (Å²) in [7, 11) is 10.0. The normalized spacial score (nSPS) is 10.3. The first-order valence-corrected chi connectivity index (χ1v) is 13.4. The first-order valence-electron chi connectivity index (χ1n) is 13.4. The molecule has 0 bridgehead atoms. The number of hydroxylamine groups is 3. The van der Waals surface area contributed by atoms with Crippen molar-refractivity contribution in [3.8, 4) is 0 Å². The molecule has 0 amide bonds. The van der Waals surface area contributed by atoms with Crippen molar-refractivity contribution in [3.63, 3.8) is 0 Å². The molecule has 0 aromatic heterocycles. The fourth-order valence-corrected chi connectivity index (χ4v) is 1.49. The third-order valence-corrected chi connectivity index (χ3v) is 3.07. The van der Waals surface area contributed by atoms with Crippen LogP contribution in [0.1, 0.15) is 83.1 Å². The first kappa shape index (κ1) is 76.6. The fraction of sp³-hybridized carbons (Fsp3) is 1.00. The standard InChI is InChI=1S/2C5H13N3.2C4H10N2O.C3H8N2O.C3H7NO2.5W/c1-5(2)7-8(4)6-3;1-5(2)8(6-3)7-4;1-4(2)6-7-5-3;1-4(2)6(7)5-3;1-3(2)4-5-6;1-3(2)4-6-5;;;;;/h2*5H,1-4H3;2*4H,1-3H3;3H,1-2H3,(H,4,6);3H,1-2H3;;;;;/p-1. The molecule has 0 radical (unpaired) electrons. The van der Waals surface area contributed by atoms with E-state index in [0.29, 0.717) is 16.9 Å². The molecule has 0 atom stereocenters. The largest absolute Gasteiger partial charge is 0.775 e. The Morgan fingerprint density at radius 2 is 1.13 bits per heavy atom. The molecule has 0 heterocycles. The second kappa shape index (κ2) is 61.1. The van der Waals surface area contributed by atoms with Gasteiger partial charge in [-0.05, 0) is 65.2 Å². The van der Waals surface area contributed by atoms with Crippen molar-refractivity contribution in [1.82, 2.24) is 0 Å². The summed E-state index contributed by atoms with van der Waals surface area (Å²) in [6, 6.07) is 0.937. The number of nitroso groups, excluding NO2 is 1. The van der Waals surface area contributed by atoms with E-state index in [1.165, 1.54) is 7.05 Å². The Bertz CT molecular complexity index is 734. The molecule has 0 saturated heterocycles. The first-order chi connectivity index (χ1) is 19.4. The average Bonchev–Trinajstić information content (AvgIpc) is 2.88. The Morgan fingerprint density at radius 1 is 0.681 bits per heavy atom. The Morgan fingerprint density at radius 3 is 1.17 bits per heavy atom. The molecule has 47 heavy (non-hydrogen) atoms. The van der Waals surface area contributed by atoms with Crippen LogP contribution in [0.4, 0.5) is 0 Å². The van der Waals surface area contributed by atoms with Crippen LogP contribution >= 0.6 is 0 Å². The molecule has 0 rings (SSSR count). The summed E-state index contributed by atoms with van der Waals surface area (Å²) >= 11 is 0. The molecule has 0 aliphatic heterocycles. The van der Waals surface area contributed by atoms with Gasteiger partial charge in [0.1, 0.15) is 0 Å². The smallest absolute Gasteiger partial charge is 0.208 e. The molecule has 0 aliphatic rings. The van der Waals surface area contributed by atoms with E-state index in [1.54, 1.807) is 79.3 Å². The summed E-state index contributed by atoms with van der Waals surface area (Å²) in [6.45, 7) is 22.7. The summed E-state index contributed by atoms with van der Waals surface area (Å²) < 4.78 is 7.52. The predicted octanol–water partition coefficient (Wildman–Crippen LogP) is 8.05. The molecule has 18 nitrogen and oxygen atoms in total. The van der Waals surface area contributed by atoms with E-state index in [-0.39, 0.29) is 129 Å². The van der Waals surface area contributed by atoms with Gasteiger partial charge in [-0.2, -0.15) is 14.7 Å². The summed E-state index contributed by atoms with van der Waals surface area (Å²) in [5.41, 5.74) is 14.0. The van der Waals surface area contributed by atoms with E-state index < -0.39 is 0 Å². The molecular weight excluding hydrogens is 1470 g/mol. The molecule has 0 saturated carbocycles. The Hall–Kier alpha value is -0.158. The van der Waals surface area contributed by atoms with Crippen LogP contribution in [0.5, 0.6) is 0 Å². The van der Waals surface area contributed by atoms with Gasteiger partial charge in [0.05, 0.1) is 13.1 Å². The van der Waals surface area contributed by atoms with E-state index in [2.05, 4.69) is 62.1 Å². The quantitative estimate of drug-likeness (QED) is 0.0917.